The molecule has 0 aromatic heterocycles. The molecule has 0 spiro atoms. The minimum atomic E-state index is -0.478. The number of hydrogen-bond acceptors (Lipinski definition) is 3. The van der Waals surface area contributed by atoms with Gasteiger partial charge in [-0.2, -0.15) is 0 Å². The molecule has 2 rings (SSSR count). The van der Waals surface area contributed by atoms with Crippen molar-refractivity contribution >= 4 is 22.0 Å². The van der Waals surface area contributed by atoms with Crippen LogP contribution in [-0.2, 0) is 11.3 Å². The highest BCUT2D eigenvalue weighted by atomic mass is 79.9. The van der Waals surface area contributed by atoms with Gasteiger partial charge in [-0.3, -0.25) is 4.90 Å². The lowest BCUT2D eigenvalue weighted by atomic mass is 10.0. The van der Waals surface area contributed by atoms with Crippen molar-refractivity contribution in [1.29, 1.82) is 0 Å². The van der Waals surface area contributed by atoms with Crippen LogP contribution in [0.15, 0.2) is 16.6 Å². The summed E-state index contributed by atoms with van der Waals surface area (Å²) in [6, 6.07) is 3.56. The molecule has 0 atom stereocenters. The highest BCUT2D eigenvalue weighted by molar-refractivity contribution is 9.10. The lowest BCUT2D eigenvalue weighted by Crippen LogP contribution is -2.45. The number of rotatable bonds is 3. The van der Waals surface area contributed by atoms with Crippen LogP contribution in [0.3, 0.4) is 0 Å². The first-order valence-corrected chi connectivity index (χ1v) is 9.10. The summed E-state index contributed by atoms with van der Waals surface area (Å²) in [4.78, 5) is 14.1. The number of nitrogens with zero attached hydrogens (tertiary/aromatic N) is 1. The van der Waals surface area contributed by atoms with E-state index in [4.69, 9.17) is 4.74 Å². The van der Waals surface area contributed by atoms with E-state index < -0.39 is 5.60 Å². The third kappa shape index (κ3) is 5.74. The van der Waals surface area contributed by atoms with E-state index >= 15 is 0 Å². The zero-order chi connectivity index (χ0) is 17.9. The van der Waals surface area contributed by atoms with Gasteiger partial charge in [0.05, 0.1) is 4.47 Å². The Bertz CT molecular complexity index is 593. The lowest BCUT2D eigenvalue weighted by molar-refractivity contribution is 0.0477. The van der Waals surface area contributed by atoms with E-state index in [-0.39, 0.29) is 18.0 Å². The van der Waals surface area contributed by atoms with Gasteiger partial charge in [-0.15, -0.1) is 0 Å². The van der Waals surface area contributed by atoms with Gasteiger partial charge in [-0.25, -0.2) is 9.18 Å². The number of hydrogen-bond donors (Lipinski definition) is 1. The molecule has 24 heavy (non-hydrogen) atoms. The molecule has 1 N–H and O–H groups in total. The number of nitrogens with one attached hydrogen (secondary N) is 1. The molecule has 1 aromatic rings. The van der Waals surface area contributed by atoms with E-state index in [0.29, 0.717) is 4.47 Å². The first-order chi connectivity index (χ1) is 11.1. The second kappa shape index (κ2) is 7.83. The van der Waals surface area contributed by atoms with Gasteiger partial charge in [0.15, 0.2) is 0 Å². The van der Waals surface area contributed by atoms with Gasteiger partial charge in [0, 0.05) is 25.7 Å². The Hall–Kier alpha value is -1.14. The minimum absolute atomic E-state index is 0.138. The average molecular weight is 401 g/mol. The fraction of sp³-hybridized carbons (Fsp3) is 0.611. The topological polar surface area (TPSA) is 41.6 Å². The van der Waals surface area contributed by atoms with Crippen molar-refractivity contribution < 1.29 is 13.9 Å². The normalized spacial score (nSPS) is 16.9. The quantitative estimate of drug-likeness (QED) is 0.817. The Kier molecular flexibility index (Phi) is 6.26. The predicted octanol–water partition coefficient (Wildman–Crippen LogP) is 4.39. The molecule has 0 radical (unpaired) electrons. The molecule has 1 aromatic carbocycles. The minimum Gasteiger partial charge on any atom is -0.444 e. The third-order valence-electron chi connectivity index (χ3n) is 4.08. The Morgan fingerprint density at radius 2 is 2.00 bits per heavy atom. The second-order valence-electron chi connectivity index (χ2n) is 7.39. The summed E-state index contributed by atoms with van der Waals surface area (Å²) in [5, 5.41) is 2.93. The van der Waals surface area contributed by atoms with Crippen LogP contribution < -0.4 is 5.32 Å². The number of aryl methyl sites for hydroxylation is 1. The molecule has 1 fully saturated rings. The van der Waals surface area contributed by atoms with Gasteiger partial charge in [0.2, 0.25) is 0 Å². The Morgan fingerprint density at radius 3 is 2.58 bits per heavy atom. The smallest absolute Gasteiger partial charge is 0.407 e. The van der Waals surface area contributed by atoms with Crippen LogP contribution in [0.2, 0.25) is 0 Å². The summed E-state index contributed by atoms with van der Waals surface area (Å²) < 4.78 is 19.5. The molecule has 1 aliphatic rings. The molecule has 1 amide bonds. The van der Waals surface area contributed by atoms with Crippen molar-refractivity contribution in [1.82, 2.24) is 10.2 Å². The highest BCUT2D eigenvalue weighted by Gasteiger charge is 2.24. The summed E-state index contributed by atoms with van der Waals surface area (Å²) in [6.07, 6.45) is 1.39. The van der Waals surface area contributed by atoms with Crippen molar-refractivity contribution in [2.45, 2.75) is 58.7 Å². The monoisotopic (exact) mass is 400 g/mol. The number of carbonyl (C=O) groups is 1. The molecule has 0 saturated carbocycles. The Morgan fingerprint density at radius 1 is 1.38 bits per heavy atom. The van der Waals surface area contributed by atoms with E-state index in [2.05, 4.69) is 26.1 Å². The SMILES string of the molecule is Cc1cc(Br)c(F)cc1CN1CCC(NC(=O)OC(C)(C)C)CC1. The summed E-state index contributed by atoms with van der Waals surface area (Å²) in [7, 11) is 0. The van der Waals surface area contributed by atoms with Crippen molar-refractivity contribution in [2.75, 3.05) is 13.1 Å². The molecule has 134 valence electrons. The Labute approximate surface area is 151 Å². The van der Waals surface area contributed by atoms with Gasteiger partial charge < -0.3 is 10.1 Å². The molecule has 6 heteroatoms. The fourth-order valence-corrected chi connectivity index (χ4v) is 3.27. The number of amides is 1. The second-order valence-corrected chi connectivity index (χ2v) is 8.24. The zero-order valence-electron chi connectivity index (χ0n) is 14.8. The maximum atomic E-state index is 13.7. The van der Waals surface area contributed by atoms with Crippen molar-refractivity contribution in [3.05, 3.63) is 33.5 Å². The zero-order valence-corrected chi connectivity index (χ0v) is 16.4. The third-order valence-corrected chi connectivity index (χ3v) is 4.69. The van der Waals surface area contributed by atoms with Crippen LogP contribution in [0.1, 0.15) is 44.7 Å². The maximum Gasteiger partial charge on any atom is 0.407 e. The average Bonchev–Trinajstić information content (AvgIpc) is 2.44. The predicted molar refractivity (Wildman–Crippen MR) is 96.5 cm³/mol. The van der Waals surface area contributed by atoms with E-state index in [1.54, 1.807) is 6.07 Å². The number of alkyl carbamates (subject to hydrolysis) is 1. The van der Waals surface area contributed by atoms with Crippen molar-refractivity contribution in [3.63, 3.8) is 0 Å². The van der Waals surface area contributed by atoms with Crippen molar-refractivity contribution in [2.24, 2.45) is 0 Å². The summed E-state index contributed by atoms with van der Waals surface area (Å²) in [5.74, 6) is -0.225. The standard InChI is InChI=1S/C18H26BrFN2O2/c1-12-9-15(19)16(20)10-13(12)11-22-7-5-14(6-8-22)21-17(23)24-18(2,3)4/h9-10,14H,5-8,11H2,1-4H3,(H,21,23). The largest absolute Gasteiger partial charge is 0.444 e. The number of halogens is 2. The number of carbonyl (C=O) groups excluding carboxylic acids is 1. The molecule has 4 nitrogen and oxygen atoms in total. The van der Waals surface area contributed by atoms with Crippen LogP contribution in [0.4, 0.5) is 9.18 Å². The van der Waals surface area contributed by atoms with Crippen molar-refractivity contribution in [3.8, 4) is 0 Å². The van der Waals surface area contributed by atoms with E-state index in [1.807, 2.05) is 33.8 Å². The van der Waals surface area contributed by atoms with Gasteiger partial charge >= 0.3 is 6.09 Å². The first-order valence-electron chi connectivity index (χ1n) is 8.30. The van der Waals surface area contributed by atoms with Gasteiger partial charge in [-0.05, 0) is 79.7 Å². The van der Waals surface area contributed by atoms with Crippen LogP contribution in [0, 0.1) is 12.7 Å². The fourth-order valence-electron chi connectivity index (χ4n) is 2.81. The lowest BCUT2D eigenvalue weighted by Gasteiger charge is -2.33. The van der Waals surface area contributed by atoms with E-state index in [1.165, 1.54) is 0 Å². The highest BCUT2D eigenvalue weighted by Crippen LogP contribution is 2.23. The van der Waals surface area contributed by atoms with Crippen LogP contribution in [0.25, 0.3) is 0 Å². The maximum absolute atomic E-state index is 13.7. The molecule has 0 aliphatic carbocycles. The van der Waals surface area contributed by atoms with Gasteiger partial charge in [-0.1, -0.05) is 0 Å². The molecular weight excluding hydrogens is 375 g/mol. The van der Waals surface area contributed by atoms with E-state index in [0.717, 1.165) is 43.6 Å². The Balaban J connectivity index is 1.83. The van der Waals surface area contributed by atoms with Crippen LogP contribution in [-0.4, -0.2) is 35.7 Å². The number of piperidine rings is 1. The molecule has 1 heterocycles. The number of benzene rings is 1. The molecule has 1 saturated heterocycles. The van der Waals surface area contributed by atoms with Crippen LogP contribution >= 0.6 is 15.9 Å². The number of likely N-dealkylation sites (tertiary alicyclic amines) is 1. The summed E-state index contributed by atoms with van der Waals surface area (Å²) in [5.41, 5.74) is 1.61. The van der Waals surface area contributed by atoms with E-state index in [9.17, 15) is 9.18 Å². The molecule has 0 bridgehead atoms. The summed E-state index contributed by atoms with van der Waals surface area (Å²) in [6.45, 7) is 10.0. The van der Waals surface area contributed by atoms with Gasteiger partial charge in [0.1, 0.15) is 11.4 Å². The van der Waals surface area contributed by atoms with Crippen LogP contribution in [0.5, 0.6) is 0 Å². The first kappa shape index (κ1) is 19.2. The molecule has 0 unspecified atom stereocenters. The molecular formula is C18H26BrFN2O2. The molecule has 1 aliphatic heterocycles. The van der Waals surface area contributed by atoms with Gasteiger partial charge in [0.25, 0.3) is 0 Å². The number of ether oxygens (including phenoxy) is 1. The summed E-state index contributed by atoms with van der Waals surface area (Å²) >= 11 is 3.22.